The molecule has 0 saturated carbocycles. The first kappa shape index (κ1) is 21.5. The Morgan fingerprint density at radius 3 is 2.93 bits per heavy atom. The number of nitrogens with zero attached hydrogens (tertiary/aromatic N) is 4. The van der Waals surface area contributed by atoms with Crippen LogP contribution in [0.5, 0.6) is 0 Å². The van der Waals surface area contributed by atoms with Crippen molar-refractivity contribution < 1.29 is 18.7 Å². The highest BCUT2D eigenvalue weighted by molar-refractivity contribution is 9.10. The van der Waals surface area contributed by atoms with Gasteiger partial charge in [0.1, 0.15) is 17.8 Å². The molecule has 3 heterocycles. The van der Waals surface area contributed by atoms with Gasteiger partial charge in [-0.25, -0.2) is 13.9 Å². The first-order valence-corrected chi connectivity index (χ1v) is 10.1. The summed E-state index contributed by atoms with van der Waals surface area (Å²) in [5, 5.41) is 17.3. The second kappa shape index (κ2) is 8.24. The number of hydrogen-bond donors (Lipinski definition) is 1. The van der Waals surface area contributed by atoms with Crippen LogP contribution in [0.1, 0.15) is 51.3 Å². The van der Waals surface area contributed by atoms with Crippen molar-refractivity contribution in [3.05, 3.63) is 21.9 Å². The summed E-state index contributed by atoms with van der Waals surface area (Å²) in [5.74, 6) is -0.688. The molecular weight excluding hydrogens is 445 g/mol. The lowest BCUT2D eigenvalue weighted by Crippen LogP contribution is -2.44. The molecule has 10 heteroatoms. The molecule has 0 aliphatic carbocycles. The van der Waals surface area contributed by atoms with Crippen LogP contribution in [0.25, 0.3) is 5.52 Å². The van der Waals surface area contributed by atoms with E-state index in [4.69, 9.17) is 9.47 Å². The lowest BCUT2D eigenvalue weighted by atomic mass is 9.90. The van der Waals surface area contributed by atoms with E-state index < -0.39 is 23.7 Å². The average molecular weight is 468 g/mol. The predicted octanol–water partition coefficient (Wildman–Crippen LogP) is 3.35. The molecule has 3 unspecified atom stereocenters. The topological polar surface area (TPSA) is 102 Å². The van der Waals surface area contributed by atoms with Gasteiger partial charge in [-0.15, -0.1) is 5.10 Å². The molecule has 0 bridgehead atoms. The quantitative estimate of drug-likeness (QED) is 0.672. The number of alkyl halides is 1. The molecule has 1 fully saturated rings. The summed E-state index contributed by atoms with van der Waals surface area (Å²) in [6.07, 6.45) is 1.72. The Bertz CT molecular complexity index is 965. The van der Waals surface area contributed by atoms with Crippen LogP contribution >= 0.6 is 15.9 Å². The van der Waals surface area contributed by atoms with Gasteiger partial charge in [-0.1, -0.05) is 6.92 Å². The summed E-state index contributed by atoms with van der Waals surface area (Å²) in [6.45, 7) is 6.81. The zero-order chi connectivity index (χ0) is 21.3. The van der Waals surface area contributed by atoms with E-state index in [1.807, 2.05) is 0 Å². The highest BCUT2D eigenvalue weighted by Gasteiger charge is 2.34. The van der Waals surface area contributed by atoms with Crippen molar-refractivity contribution in [1.29, 1.82) is 5.26 Å². The van der Waals surface area contributed by atoms with Gasteiger partial charge in [0.2, 0.25) is 5.95 Å². The maximum atomic E-state index is 14.7. The van der Waals surface area contributed by atoms with E-state index in [-0.39, 0.29) is 12.6 Å². The van der Waals surface area contributed by atoms with Crippen LogP contribution in [0, 0.1) is 11.3 Å². The number of halogens is 2. The van der Waals surface area contributed by atoms with Crippen LogP contribution in [0.4, 0.5) is 10.3 Å². The highest BCUT2D eigenvalue weighted by atomic mass is 79.9. The normalized spacial score (nSPS) is 20.9. The largest absolute Gasteiger partial charge is 0.458 e. The molecule has 2 aromatic heterocycles. The molecule has 0 amide bonds. The van der Waals surface area contributed by atoms with Gasteiger partial charge in [-0.3, -0.25) is 4.79 Å². The van der Waals surface area contributed by atoms with Crippen molar-refractivity contribution in [2.24, 2.45) is 0 Å². The number of carbonyl (C=O) groups excluding carboxylic acids is 1. The van der Waals surface area contributed by atoms with E-state index >= 15 is 0 Å². The molecular formula is C19H23BrFN5O3. The van der Waals surface area contributed by atoms with Gasteiger partial charge in [0, 0.05) is 19.4 Å². The number of aromatic nitrogens is 3. The van der Waals surface area contributed by atoms with Gasteiger partial charge in [-0.2, -0.15) is 5.26 Å². The molecule has 1 saturated heterocycles. The van der Waals surface area contributed by atoms with Gasteiger partial charge in [0.25, 0.3) is 0 Å². The second-order valence-electron chi connectivity index (χ2n) is 7.61. The first-order valence-electron chi connectivity index (χ1n) is 9.31. The minimum absolute atomic E-state index is 0.224. The van der Waals surface area contributed by atoms with Crippen molar-refractivity contribution >= 4 is 33.4 Å². The van der Waals surface area contributed by atoms with Gasteiger partial charge in [0.05, 0.1) is 40.1 Å². The van der Waals surface area contributed by atoms with Crippen molar-refractivity contribution in [1.82, 2.24) is 14.6 Å². The van der Waals surface area contributed by atoms with Gasteiger partial charge >= 0.3 is 5.97 Å². The van der Waals surface area contributed by atoms with Crippen LogP contribution in [0.3, 0.4) is 0 Å². The number of nitriles is 1. The summed E-state index contributed by atoms with van der Waals surface area (Å²) in [5.41, 5.74) is -0.185. The third-order valence-electron chi connectivity index (χ3n) is 5.15. The summed E-state index contributed by atoms with van der Waals surface area (Å²) >= 11 is 3.42. The van der Waals surface area contributed by atoms with Gasteiger partial charge in [0.15, 0.2) is 0 Å². The second-order valence-corrected chi connectivity index (χ2v) is 8.41. The molecule has 29 heavy (non-hydrogen) atoms. The molecule has 1 aliphatic heterocycles. The minimum atomic E-state index is -1.56. The van der Waals surface area contributed by atoms with E-state index in [1.165, 1.54) is 20.8 Å². The Hall–Kier alpha value is -2.25. The van der Waals surface area contributed by atoms with Crippen molar-refractivity contribution in [2.75, 3.05) is 18.5 Å². The van der Waals surface area contributed by atoms with Gasteiger partial charge < -0.3 is 14.8 Å². The molecule has 1 aliphatic rings. The summed E-state index contributed by atoms with van der Waals surface area (Å²) in [4.78, 5) is 15.7. The summed E-state index contributed by atoms with van der Waals surface area (Å²) in [6, 6.07) is 1.92. The van der Waals surface area contributed by atoms with Crippen LogP contribution in [0.2, 0.25) is 0 Å². The lowest BCUT2D eigenvalue weighted by Gasteiger charge is -2.31. The van der Waals surface area contributed by atoms with Crippen molar-refractivity contribution in [2.45, 2.75) is 57.8 Å². The Labute approximate surface area is 176 Å². The van der Waals surface area contributed by atoms with E-state index in [9.17, 15) is 14.4 Å². The number of anilines is 1. The summed E-state index contributed by atoms with van der Waals surface area (Å²) < 4.78 is 27.5. The average Bonchev–Trinajstić information content (AvgIpc) is 2.92. The molecule has 3 rings (SSSR count). The number of fused-ring (bicyclic) bond motifs is 1. The molecule has 0 radical (unpaired) electrons. The SMILES string of the molecule is CC(=O)OC1COCCC1Nc1ncc2c(Br)c(C#N)c(C(C)C(C)(C)F)n2n1. The Kier molecular flexibility index (Phi) is 6.10. The van der Waals surface area contributed by atoms with E-state index in [1.54, 1.807) is 17.6 Å². The molecule has 0 aromatic carbocycles. The number of nitrogens with one attached hydrogen (secondary N) is 1. The number of esters is 1. The van der Waals surface area contributed by atoms with E-state index in [0.29, 0.717) is 40.2 Å². The van der Waals surface area contributed by atoms with Gasteiger partial charge in [-0.05, 0) is 36.2 Å². The van der Waals surface area contributed by atoms with Crippen LogP contribution in [0.15, 0.2) is 10.7 Å². The predicted molar refractivity (Wildman–Crippen MR) is 107 cm³/mol. The first-order chi connectivity index (χ1) is 13.6. The monoisotopic (exact) mass is 467 g/mol. The third kappa shape index (κ3) is 4.36. The number of ether oxygens (including phenoxy) is 2. The Morgan fingerprint density at radius 2 is 2.31 bits per heavy atom. The number of rotatable bonds is 5. The Balaban J connectivity index is 2.01. The third-order valence-corrected chi connectivity index (χ3v) is 5.95. The minimum Gasteiger partial charge on any atom is -0.458 e. The van der Waals surface area contributed by atoms with E-state index in [2.05, 4.69) is 37.4 Å². The highest BCUT2D eigenvalue weighted by Crippen LogP contribution is 2.38. The standard InChI is InChI=1S/C19H23BrFN5O3/c1-10(19(3,4)21)17-12(7-22)16(20)14-8-23-18(25-26(14)17)24-13-5-6-28-9-15(13)29-11(2)27/h8,10,13,15H,5-6,9H2,1-4H3,(H,24,25). The fourth-order valence-corrected chi connectivity index (χ4v) is 3.86. The van der Waals surface area contributed by atoms with Crippen LogP contribution in [-0.4, -0.2) is 51.6 Å². The van der Waals surface area contributed by atoms with E-state index in [0.717, 1.165) is 0 Å². The number of hydrogen-bond acceptors (Lipinski definition) is 7. The van der Waals surface area contributed by atoms with Crippen molar-refractivity contribution in [3.8, 4) is 6.07 Å². The smallest absolute Gasteiger partial charge is 0.303 e. The van der Waals surface area contributed by atoms with Crippen LogP contribution in [-0.2, 0) is 14.3 Å². The fraction of sp³-hybridized carbons (Fsp3) is 0.579. The Morgan fingerprint density at radius 1 is 1.59 bits per heavy atom. The maximum absolute atomic E-state index is 14.7. The molecule has 1 N–H and O–H groups in total. The molecule has 8 nitrogen and oxygen atoms in total. The molecule has 0 spiro atoms. The molecule has 3 atom stereocenters. The zero-order valence-electron chi connectivity index (χ0n) is 16.7. The number of carbonyl (C=O) groups is 1. The molecule has 156 valence electrons. The fourth-order valence-electron chi connectivity index (χ4n) is 3.30. The maximum Gasteiger partial charge on any atom is 0.303 e. The van der Waals surface area contributed by atoms with Crippen LogP contribution < -0.4 is 5.32 Å². The summed E-state index contributed by atoms with van der Waals surface area (Å²) in [7, 11) is 0. The lowest BCUT2D eigenvalue weighted by molar-refractivity contribution is -0.153. The molecule has 2 aromatic rings. The zero-order valence-corrected chi connectivity index (χ0v) is 18.3. The van der Waals surface area contributed by atoms with Crippen molar-refractivity contribution in [3.63, 3.8) is 0 Å².